The van der Waals surface area contributed by atoms with Gasteiger partial charge in [-0.2, -0.15) is 5.10 Å². The van der Waals surface area contributed by atoms with E-state index in [2.05, 4.69) is 5.10 Å². The molecule has 0 saturated carbocycles. The maximum atomic E-state index is 13.4. The van der Waals surface area contributed by atoms with Crippen LogP contribution in [0, 0.1) is 18.6 Å². The van der Waals surface area contributed by atoms with Crippen LogP contribution in [0.15, 0.2) is 24.3 Å². The van der Waals surface area contributed by atoms with Crippen molar-refractivity contribution in [3.63, 3.8) is 0 Å². The van der Waals surface area contributed by atoms with E-state index in [0.717, 1.165) is 18.2 Å². The van der Waals surface area contributed by atoms with Crippen LogP contribution < -0.4 is 5.73 Å². The number of nitrogens with zero attached hydrogens (tertiary/aromatic N) is 2. The standard InChI is InChI=1S/C10H9F2N3/c1-6-4-10(13)14-15(6)9-5-7(11)2-3-8(9)12/h2-5H,1H3,(H2,13,14). The van der Waals surface area contributed by atoms with Gasteiger partial charge in [0.05, 0.1) is 0 Å². The SMILES string of the molecule is Cc1cc(N)nn1-c1cc(F)ccc1F. The molecule has 0 unspecified atom stereocenters. The average Bonchev–Trinajstić information content (AvgIpc) is 2.50. The Morgan fingerprint density at radius 3 is 2.60 bits per heavy atom. The topological polar surface area (TPSA) is 43.8 Å². The maximum absolute atomic E-state index is 13.4. The fourth-order valence-corrected chi connectivity index (χ4v) is 1.39. The molecule has 2 rings (SSSR count). The lowest BCUT2D eigenvalue weighted by atomic mass is 10.3. The molecule has 2 aromatic rings. The Labute approximate surface area is 85.1 Å². The molecule has 0 aliphatic carbocycles. The highest BCUT2D eigenvalue weighted by Gasteiger charge is 2.09. The first kappa shape index (κ1) is 9.64. The number of anilines is 1. The minimum Gasteiger partial charge on any atom is -0.382 e. The molecule has 3 nitrogen and oxygen atoms in total. The number of hydrogen-bond donors (Lipinski definition) is 1. The summed E-state index contributed by atoms with van der Waals surface area (Å²) < 4.78 is 27.6. The molecular weight excluding hydrogens is 200 g/mol. The van der Waals surface area contributed by atoms with Crippen LogP contribution in [0.1, 0.15) is 5.69 Å². The number of nitrogens with two attached hydrogens (primary N) is 1. The van der Waals surface area contributed by atoms with Crippen LogP contribution in [0.3, 0.4) is 0 Å². The molecule has 0 radical (unpaired) electrons. The van der Waals surface area contributed by atoms with Gasteiger partial charge < -0.3 is 5.73 Å². The normalized spacial score (nSPS) is 10.6. The first-order chi connectivity index (χ1) is 7.08. The van der Waals surface area contributed by atoms with E-state index < -0.39 is 11.6 Å². The third kappa shape index (κ3) is 1.68. The van der Waals surface area contributed by atoms with Crippen LogP contribution in [0.5, 0.6) is 0 Å². The van der Waals surface area contributed by atoms with Gasteiger partial charge in [-0.1, -0.05) is 0 Å². The van der Waals surface area contributed by atoms with Crippen molar-refractivity contribution in [2.45, 2.75) is 6.92 Å². The molecule has 5 heteroatoms. The van der Waals surface area contributed by atoms with Crippen molar-refractivity contribution < 1.29 is 8.78 Å². The zero-order chi connectivity index (χ0) is 11.0. The number of aryl methyl sites for hydroxylation is 1. The molecule has 1 aromatic heterocycles. The van der Waals surface area contributed by atoms with E-state index in [1.165, 1.54) is 4.68 Å². The fourth-order valence-electron chi connectivity index (χ4n) is 1.39. The molecule has 15 heavy (non-hydrogen) atoms. The molecule has 1 heterocycles. The lowest BCUT2D eigenvalue weighted by Gasteiger charge is -2.05. The molecule has 0 fully saturated rings. The van der Waals surface area contributed by atoms with E-state index in [1.54, 1.807) is 13.0 Å². The summed E-state index contributed by atoms with van der Waals surface area (Å²) in [6.07, 6.45) is 0. The van der Waals surface area contributed by atoms with E-state index in [4.69, 9.17) is 5.73 Å². The van der Waals surface area contributed by atoms with Gasteiger partial charge in [-0.25, -0.2) is 13.5 Å². The van der Waals surface area contributed by atoms with Crippen molar-refractivity contribution in [2.24, 2.45) is 0 Å². The van der Waals surface area contributed by atoms with Gasteiger partial charge in [0.25, 0.3) is 0 Å². The summed E-state index contributed by atoms with van der Waals surface area (Å²) in [5, 5.41) is 3.87. The number of benzene rings is 1. The Morgan fingerprint density at radius 2 is 2.00 bits per heavy atom. The van der Waals surface area contributed by atoms with E-state index in [0.29, 0.717) is 5.69 Å². The second-order valence-corrected chi connectivity index (χ2v) is 3.22. The lowest BCUT2D eigenvalue weighted by molar-refractivity contribution is 0.585. The number of nitrogen functional groups attached to an aromatic ring is 1. The van der Waals surface area contributed by atoms with E-state index >= 15 is 0 Å². The summed E-state index contributed by atoms with van der Waals surface area (Å²) in [6.45, 7) is 1.72. The number of halogens is 2. The zero-order valence-corrected chi connectivity index (χ0v) is 8.04. The first-order valence-corrected chi connectivity index (χ1v) is 4.35. The molecule has 78 valence electrons. The van der Waals surface area contributed by atoms with Gasteiger partial charge in [0, 0.05) is 17.8 Å². The molecule has 0 saturated heterocycles. The maximum Gasteiger partial charge on any atom is 0.149 e. The Bertz CT molecular complexity index is 505. The van der Waals surface area contributed by atoms with Crippen LogP contribution in [0.2, 0.25) is 0 Å². The Kier molecular flexibility index (Phi) is 2.15. The van der Waals surface area contributed by atoms with Crippen molar-refractivity contribution in [3.05, 3.63) is 41.6 Å². The molecule has 0 aliphatic heterocycles. The molecule has 0 bridgehead atoms. The van der Waals surface area contributed by atoms with Gasteiger partial charge in [-0.15, -0.1) is 0 Å². The van der Waals surface area contributed by atoms with Crippen LogP contribution in [0.4, 0.5) is 14.6 Å². The Balaban J connectivity index is 2.62. The lowest BCUT2D eigenvalue weighted by Crippen LogP contribution is -2.03. The highest BCUT2D eigenvalue weighted by Crippen LogP contribution is 2.17. The Hall–Kier alpha value is -1.91. The second-order valence-electron chi connectivity index (χ2n) is 3.22. The number of hydrogen-bond acceptors (Lipinski definition) is 2. The molecule has 2 N–H and O–H groups in total. The van der Waals surface area contributed by atoms with Gasteiger partial charge in [-0.05, 0) is 19.1 Å². The van der Waals surface area contributed by atoms with Gasteiger partial charge in [0.15, 0.2) is 0 Å². The van der Waals surface area contributed by atoms with Crippen molar-refractivity contribution in [1.29, 1.82) is 0 Å². The summed E-state index contributed by atoms with van der Waals surface area (Å²) in [5.41, 5.74) is 6.17. The summed E-state index contributed by atoms with van der Waals surface area (Å²) in [7, 11) is 0. The van der Waals surface area contributed by atoms with Crippen LogP contribution in [-0.2, 0) is 0 Å². The van der Waals surface area contributed by atoms with Crippen molar-refractivity contribution in [1.82, 2.24) is 9.78 Å². The molecule has 1 aromatic carbocycles. The number of rotatable bonds is 1. The van der Waals surface area contributed by atoms with Gasteiger partial charge in [0.1, 0.15) is 23.1 Å². The molecule has 0 spiro atoms. The van der Waals surface area contributed by atoms with Gasteiger partial charge >= 0.3 is 0 Å². The second kappa shape index (κ2) is 3.34. The fraction of sp³-hybridized carbons (Fsp3) is 0.100. The van der Waals surface area contributed by atoms with Crippen molar-refractivity contribution in [3.8, 4) is 5.69 Å². The van der Waals surface area contributed by atoms with Crippen molar-refractivity contribution >= 4 is 5.82 Å². The molecular formula is C10H9F2N3. The largest absolute Gasteiger partial charge is 0.382 e. The quantitative estimate of drug-likeness (QED) is 0.781. The summed E-state index contributed by atoms with van der Waals surface area (Å²) >= 11 is 0. The summed E-state index contributed by atoms with van der Waals surface area (Å²) in [6, 6.07) is 4.78. The van der Waals surface area contributed by atoms with Crippen LogP contribution >= 0.6 is 0 Å². The minimum atomic E-state index is -0.539. The predicted molar refractivity (Wildman–Crippen MR) is 52.6 cm³/mol. The highest BCUT2D eigenvalue weighted by atomic mass is 19.1. The van der Waals surface area contributed by atoms with Crippen LogP contribution in [0.25, 0.3) is 5.69 Å². The average molecular weight is 209 g/mol. The smallest absolute Gasteiger partial charge is 0.149 e. The van der Waals surface area contributed by atoms with Gasteiger partial charge in [-0.3, -0.25) is 0 Å². The highest BCUT2D eigenvalue weighted by molar-refractivity contribution is 5.39. The van der Waals surface area contributed by atoms with E-state index in [1.807, 2.05) is 0 Å². The van der Waals surface area contributed by atoms with Gasteiger partial charge in [0.2, 0.25) is 0 Å². The summed E-state index contributed by atoms with van der Waals surface area (Å²) in [5.74, 6) is -0.779. The first-order valence-electron chi connectivity index (χ1n) is 4.35. The number of aromatic nitrogens is 2. The van der Waals surface area contributed by atoms with Crippen molar-refractivity contribution in [2.75, 3.05) is 5.73 Å². The predicted octanol–water partition coefficient (Wildman–Crippen LogP) is 2.04. The zero-order valence-electron chi connectivity index (χ0n) is 8.04. The molecule has 0 aliphatic rings. The molecule has 0 atom stereocenters. The Morgan fingerprint density at radius 1 is 1.27 bits per heavy atom. The van der Waals surface area contributed by atoms with Crippen LogP contribution in [-0.4, -0.2) is 9.78 Å². The monoisotopic (exact) mass is 209 g/mol. The minimum absolute atomic E-state index is 0.0594. The van der Waals surface area contributed by atoms with E-state index in [9.17, 15) is 8.78 Å². The van der Waals surface area contributed by atoms with E-state index in [-0.39, 0.29) is 11.5 Å². The third-order valence-corrected chi connectivity index (χ3v) is 2.04. The third-order valence-electron chi connectivity index (χ3n) is 2.04. The summed E-state index contributed by atoms with van der Waals surface area (Å²) in [4.78, 5) is 0. The molecule has 0 amide bonds.